The van der Waals surface area contributed by atoms with E-state index in [0.717, 1.165) is 10.6 Å². The number of likely N-dealkylation sites (tertiary alicyclic amines) is 1. The van der Waals surface area contributed by atoms with Crippen LogP contribution in [0.3, 0.4) is 0 Å². The van der Waals surface area contributed by atoms with Crippen LogP contribution in [0.25, 0.3) is 5.69 Å². The topological polar surface area (TPSA) is 87.2 Å². The largest absolute Gasteiger partial charge is 0.337 e. The van der Waals surface area contributed by atoms with Gasteiger partial charge in [0.2, 0.25) is 17.7 Å². The normalized spacial score (nSPS) is 21.4. The van der Waals surface area contributed by atoms with Crippen LogP contribution < -0.4 is 5.32 Å². The number of benzene rings is 1. The number of hydrogen-bond acceptors (Lipinski definition) is 4. The maximum atomic E-state index is 12.5. The number of allylic oxidation sites excluding steroid dienone is 2. The lowest BCUT2D eigenvalue weighted by atomic mass is 9.85. The van der Waals surface area contributed by atoms with E-state index in [-0.39, 0.29) is 30.2 Å². The van der Waals surface area contributed by atoms with Crippen LogP contribution in [0.2, 0.25) is 0 Å². The molecule has 1 aliphatic heterocycles. The van der Waals surface area contributed by atoms with Crippen LogP contribution in [0, 0.1) is 16.6 Å². The minimum absolute atomic E-state index is 0.253. The van der Waals surface area contributed by atoms with Crippen LogP contribution in [0.4, 0.5) is 5.69 Å². The van der Waals surface area contributed by atoms with Crippen LogP contribution in [0.15, 0.2) is 48.8 Å². The van der Waals surface area contributed by atoms with Crippen molar-refractivity contribution in [1.29, 1.82) is 0 Å². The van der Waals surface area contributed by atoms with E-state index in [2.05, 4.69) is 10.3 Å². The fourth-order valence-electron chi connectivity index (χ4n) is 3.63. The number of anilines is 1. The summed E-state index contributed by atoms with van der Waals surface area (Å²) in [4.78, 5) is 41.3. The average molecular weight is 382 g/mol. The molecule has 3 amide bonds. The van der Waals surface area contributed by atoms with Gasteiger partial charge < -0.3 is 10.3 Å². The van der Waals surface area contributed by atoms with Crippen molar-refractivity contribution >= 4 is 35.6 Å². The number of nitrogens with one attached hydrogen (secondary N) is 2. The number of nitrogens with zero attached hydrogens (tertiary/aromatic N) is 2. The Bertz CT molecular complexity index is 980. The predicted octanol–water partition coefficient (Wildman–Crippen LogP) is 2.42. The second-order valence-corrected chi connectivity index (χ2v) is 7.04. The summed E-state index contributed by atoms with van der Waals surface area (Å²) < 4.78 is 2.32. The van der Waals surface area contributed by atoms with Crippen molar-refractivity contribution in [2.24, 2.45) is 11.8 Å². The standard InChI is InChI=1S/C19H18N4O3S/c24-16(11-23-17(25)14-6-1-2-7-15(14)18(23)26)21-12-4-3-5-13(10-12)22-9-8-20-19(22)27/h1-5,8-10,14-15H,6-7,11H2,(H,20,27)(H,21,24). The first-order valence-electron chi connectivity index (χ1n) is 8.71. The van der Waals surface area contributed by atoms with Gasteiger partial charge in [0.25, 0.3) is 0 Å². The first-order valence-corrected chi connectivity index (χ1v) is 9.12. The van der Waals surface area contributed by atoms with Crippen molar-refractivity contribution in [3.63, 3.8) is 0 Å². The molecule has 0 saturated carbocycles. The Labute approximate surface area is 160 Å². The highest BCUT2D eigenvalue weighted by Gasteiger charge is 2.47. The molecule has 138 valence electrons. The summed E-state index contributed by atoms with van der Waals surface area (Å²) in [6.45, 7) is -0.265. The van der Waals surface area contributed by atoms with E-state index in [9.17, 15) is 14.4 Å². The third-order valence-corrected chi connectivity index (χ3v) is 5.27. The monoisotopic (exact) mass is 382 g/mol. The van der Waals surface area contributed by atoms with Crippen LogP contribution in [0.5, 0.6) is 0 Å². The molecule has 0 radical (unpaired) electrons. The van der Waals surface area contributed by atoms with Gasteiger partial charge in [-0.2, -0.15) is 0 Å². The van der Waals surface area contributed by atoms with Crippen molar-refractivity contribution < 1.29 is 14.4 Å². The van der Waals surface area contributed by atoms with Gasteiger partial charge in [-0.15, -0.1) is 0 Å². The number of imide groups is 1. The van der Waals surface area contributed by atoms with Crippen LogP contribution in [-0.2, 0) is 14.4 Å². The van der Waals surface area contributed by atoms with Crippen molar-refractivity contribution in [2.45, 2.75) is 12.8 Å². The number of H-pyrrole nitrogens is 1. The van der Waals surface area contributed by atoms with Gasteiger partial charge in [-0.3, -0.25) is 23.9 Å². The van der Waals surface area contributed by atoms with E-state index in [0.29, 0.717) is 23.3 Å². The van der Waals surface area contributed by atoms with E-state index in [1.165, 1.54) is 0 Å². The smallest absolute Gasteiger partial charge is 0.244 e. The highest BCUT2D eigenvalue weighted by Crippen LogP contribution is 2.34. The lowest BCUT2D eigenvalue weighted by molar-refractivity contribution is -0.142. The molecule has 4 rings (SSSR count). The van der Waals surface area contributed by atoms with Gasteiger partial charge in [0.05, 0.1) is 11.8 Å². The summed E-state index contributed by atoms with van der Waals surface area (Å²) in [6, 6.07) is 7.18. The third kappa shape index (κ3) is 3.23. The van der Waals surface area contributed by atoms with Gasteiger partial charge in [0.15, 0.2) is 4.77 Å². The molecule has 7 nitrogen and oxygen atoms in total. The van der Waals surface area contributed by atoms with E-state index >= 15 is 0 Å². The number of hydrogen-bond donors (Lipinski definition) is 2. The van der Waals surface area contributed by atoms with Gasteiger partial charge in [-0.1, -0.05) is 18.2 Å². The van der Waals surface area contributed by atoms with Crippen molar-refractivity contribution in [3.05, 3.63) is 53.6 Å². The summed E-state index contributed by atoms with van der Waals surface area (Å²) in [5.74, 6) is -1.56. The number of aromatic nitrogens is 2. The lowest BCUT2D eigenvalue weighted by Gasteiger charge is -2.15. The van der Waals surface area contributed by atoms with Crippen LogP contribution in [-0.4, -0.2) is 38.7 Å². The van der Waals surface area contributed by atoms with Gasteiger partial charge in [-0.25, -0.2) is 0 Å². The molecule has 0 spiro atoms. The Kier molecular flexibility index (Phi) is 4.49. The third-order valence-electron chi connectivity index (χ3n) is 4.96. The number of imidazole rings is 1. The fraction of sp³-hybridized carbons (Fsp3) is 0.263. The number of carbonyl (C=O) groups is 3. The summed E-state index contributed by atoms with van der Waals surface area (Å²) in [5, 5.41) is 2.75. The van der Waals surface area contributed by atoms with E-state index < -0.39 is 5.91 Å². The Hall–Kier alpha value is -3.00. The maximum Gasteiger partial charge on any atom is 0.244 e. The lowest BCUT2D eigenvalue weighted by Crippen LogP contribution is -2.38. The molecule has 1 aromatic carbocycles. The molecule has 1 fully saturated rings. The molecule has 2 atom stereocenters. The number of amides is 3. The van der Waals surface area contributed by atoms with Crippen LogP contribution >= 0.6 is 12.2 Å². The molecule has 0 bridgehead atoms. The summed E-state index contributed by atoms with van der Waals surface area (Å²) in [7, 11) is 0. The molecule has 1 saturated heterocycles. The van der Waals surface area contributed by atoms with Crippen molar-refractivity contribution in [2.75, 3.05) is 11.9 Å². The van der Waals surface area contributed by atoms with Gasteiger partial charge in [-0.05, 0) is 43.3 Å². The Balaban J connectivity index is 1.46. The number of fused-ring (bicyclic) bond motifs is 1. The highest BCUT2D eigenvalue weighted by molar-refractivity contribution is 7.71. The number of aromatic amines is 1. The molecule has 1 aliphatic carbocycles. The Morgan fingerprint density at radius 2 is 1.89 bits per heavy atom. The minimum atomic E-state index is -0.405. The Morgan fingerprint density at radius 3 is 2.52 bits per heavy atom. The molecule has 2 aliphatic rings. The molecule has 2 heterocycles. The van der Waals surface area contributed by atoms with Crippen molar-refractivity contribution in [1.82, 2.24) is 14.5 Å². The second kappa shape index (κ2) is 6.96. The molecule has 27 heavy (non-hydrogen) atoms. The first kappa shape index (κ1) is 17.4. The number of rotatable bonds is 4. The summed E-state index contributed by atoms with van der Waals surface area (Å²) in [5.41, 5.74) is 1.36. The van der Waals surface area contributed by atoms with Crippen molar-refractivity contribution in [3.8, 4) is 5.69 Å². The highest BCUT2D eigenvalue weighted by atomic mass is 32.1. The van der Waals surface area contributed by atoms with E-state index in [1.807, 2.05) is 18.2 Å². The first-order chi connectivity index (χ1) is 13.0. The summed E-state index contributed by atoms with van der Waals surface area (Å²) >= 11 is 5.20. The molecule has 2 aromatic rings. The zero-order chi connectivity index (χ0) is 19.0. The molecule has 2 N–H and O–H groups in total. The van der Waals surface area contributed by atoms with Gasteiger partial charge >= 0.3 is 0 Å². The zero-order valence-corrected chi connectivity index (χ0v) is 15.2. The van der Waals surface area contributed by atoms with Gasteiger partial charge in [0, 0.05) is 23.8 Å². The molecular formula is C19H18N4O3S. The maximum absolute atomic E-state index is 12.5. The second-order valence-electron chi connectivity index (χ2n) is 6.65. The summed E-state index contributed by atoms with van der Waals surface area (Å²) in [6.07, 6.45) is 8.49. The SMILES string of the molecule is O=C(CN1C(=O)C2CC=CCC2C1=O)Nc1cccc(-n2cc[nH]c2=S)c1. The molecule has 2 unspecified atom stereocenters. The minimum Gasteiger partial charge on any atom is -0.337 e. The quantitative estimate of drug-likeness (QED) is 0.483. The average Bonchev–Trinajstić information content (AvgIpc) is 3.20. The zero-order valence-electron chi connectivity index (χ0n) is 14.4. The van der Waals surface area contributed by atoms with Gasteiger partial charge in [0.1, 0.15) is 6.54 Å². The van der Waals surface area contributed by atoms with E-state index in [4.69, 9.17) is 12.2 Å². The van der Waals surface area contributed by atoms with Crippen LogP contribution in [0.1, 0.15) is 12.8 Å². The number of carbonyl (C=O) groups excluding carboxylic acids is 3. The molecule has 1 aromatic heterocycles. The Morgan fingerprint density at radius 1 is 1.19 bits per heavy atom. The molecular weight excluding hydrogens is 364 g/mol. The molecule has 8 heteroatoms. The van der Waals surface area contributed by atoms with E-state index in [1.54, 1.807) is 35.2 Å². The predicted molar refractivity (Wildman–Crippen MR) is 102 cm³/mol. The fourth-order valence-corrected chi connectivity index (χ4v) is 3.86.